The van der Waals surface area contributed by atoms with Crippen LogP contribution in [0.4, 0.5) is 0 Å². The fourth-order valence-corrected chi connectivity index (χ4v) is 2.80. The third-order valence-electron chi connectivity index (χ3n) is 4.04. The van der Waals surface area contributed by atoms with Crippen molar-refractivity contribution < 1.29 is 13.6 Å². The van der Waals surface area contributed by atoms with Crippen LogP contribution in [0, 0.1) is 0 Å². The largest absolute Gasteiger partial charge is 0.467 e. The maximum Gasteiger partial charge on any atom is 0.243 e. The van der Waals surface area contributed by atoms with Crippen molar-refractivity contribution in [2.45, 2.75) is 19.6 Å². The molecular formula is C19H17N3O3. The predicted molar refractivity (Wildman–Crippen MR) is 91.4 cm³/mol. The number of hydrogen-bond donors (Lipinski definition) is 0. The van der Waals surface area contributed by atoms with Gasteiger partial charge in [-0.2, -0.15) is 0 Å². The van der Waals surface area contributed by atoms with E-state index in [1.165, 1.54) is 0 Å². The van der Waals surface area contributed by atoms with E-state index in [0.29, 0.717) is 13.1 Å². The van der Waals surface area contributed by atoms with Gasteiger partial charge in [0.15, 0.2) is 0 Å². The van der Waals surface area contributed by atoms with E-state index in [0.717, 1.165) is 22.6 Å². The van der Waals surface area contributed by atoms with Gasteiger partial charge in [-0.25, -0.2) is 4.98 Å². The van der Waals surface area contributed by atoms with Crippen molar-refractivity contribution in [3.05, 3.63) is 78.9 Å². The number of benzene rings is 1. The first-order valence-electron chi connectivity index (χ1n) is 8.02. The summed E-state index contributed by atoms with van der Waals surface area (Å²) in [5.41, 5.74) is 1.81. The number of rotatable bonds is 6. The van der Waals surface area contributed by atoms with Gasteiger partial charge in [-0.15, -0.1) is 0 Å². The zero-order valence-corrected chi connectivity index (χ0v) is 13.5. The molecule has 1 aromatic carbocycles. The number of aromatic nitrogens is 2. The van der Waals surface area contributed by atoms with Gasteiger partial charge in [0.1, 0.15) is 18.1 Å². The third kappa shape index (κ3) is 3.33. The Morgan fingerprint density at radius 3 is 2.28 bits per heavy atom. The molecule has 0 aliphatic carbocycles. The molecular weight excluding hydrogens is 318 g/mol. The van der Waals surface area contributed by atoms with E-state index in [1.807, 2.05) is 53.1 Å². The first kappa shape index (κ1) is 15.3. The summed E-state index contributed by atoms with van der Waals surface area (Å²) in [6, 6.07) is 15.1. The summed E-state index contributed by atoms with van der Waals surface area (Å²) in [5, 5.41) is 0. The average molecular weight is 335 g/mol. The lowest BCUT2D eigenvalue weighted by Crippen LogP contribution is -2.32. The molecule has 6 nitrogen and oxygen atoms in total. The lowest BCUT2D eigenvalue weighted by molar-refractivity contribution is -0.133. The summed E-state index contributed by atoms with van der Waals surface area (Å²) in [5.74, 6) is 1.43. The van der Waals surface area contributed by atoms with Gasteiger partial charge in [0.25, 0.3) is 0 Å². The Labute approximate surface area is 144 Å². The van der Waals surface area contributed by atoms with Crippen molar-refractivity contribution in [1.29, 1.82) is 0 Å². The SMILES string of the molecule is O=C(Cn1cnc2ccccc21)N(Cc1ccco1)Cc1ccco1. The molecule has 3 aromatic heterocycles. The Morgan fingerprint density at radius 1 is 0.960 bits per heavy atom. The van der Waals surface area contributed by atoms with Crippen molar-refractivity contribution >= 4 is 16.9 Å². The average Bonchev–Trinajstić information content (AvgIpc) is 3.37. The van der Waals surface area contributed by atoms with Crippen LogP contribution in [0.3, 0.4) is 0 Å². The lowest BCUT2D eigenvalue weighted by Gasteiger charge is -2.21. The Morgan fingerprint density at radius 2 is 1.64 bits per heavy atom. The van der Waals surface area contributed by atoms with E-state index >= 15 is 0 Å². The normalized spacial score (nSPS) is 11.0. The number of para-hydroxylation sites is 2. The van der Waals surface area contributed by atoms with Crippen LogP contribution in [0.1, 0.15) is 11.5 Å². The van der Waals surface area contributed by atoms with Crippen LogP contribution < -0.4 is 0 Å². The summed E-state index contributed by atoms with van der Waals surface area (Å²) in [6.07, 6.45) is 4.91. The number of nitrogens with zero attached hydrogens (tertiary/aromatic N) is 3. The zero-order valence-electron chi connectivity index (χ0n) is 13.5. The Bertz CT molecular complexity index is 919. The fraction of sp³-hybridized carbons (Fsp3) is 0.158. The van der Waals surface area contributed by atoms with E-state index < -0.39 is 0 Å². The minimum atomic E-state index is -0.0315. The minimum Gasteiger partial charge on any atom is -0.467 e. The summed E-state index contributed by atoms with van der Waals surface area (Å²) < 4.78 is 12.6. The van der Waals surface area contributed by atoms with Gasteiger partial charge < -0.3 is 18.3 Å². The van der Waals surface area contributed by atoms with Crippen LogP contribution in [0.15, 0.2) is 76.2 Å². The molecule has 0 atom stereocenters. The highest BCUT2D eigenvalue weighted by molar-refractivity contribution is 5.80. The molecule has 0 unspecified atom stereocenters. The number of imidazole rings is 1. The van der Waals surface area contributed by atoms with Crippen LogP contribution >= 0.6 is 0 Å². The number of carbonyl (C=O) groups excluding carboxylic acids is 1. The van der Waals surface area contributed by atoms with Crippen molar-refractivity contribution in [3.8, 4) is 0 Å². The Kier molecular flexibility index (Phi) is 4.08. The minimum absolute atomic E-state index is 0.0315. The van der Waals surface area contributed by atoms with Gasteiger partial charge in [0, 0.05) is 0 Å². The fourth-order valence-electron chi connectivity index (χ4n) is 2.80. The topological polar surface area (TPSA) is 64.4 Å². The Balaban J connectivity index is 1.56. The monoisotopic (exact) mass is 335 g/mol. The molecule has 0 saturated heterocycles. The standard InChI is InChI=1S/C19H17N3O3/c23-19(13-22-14-20-17-7-1-2-8-18(17)22)21(11-15-5-3-9-24-15)12-16-6-4-10-25-16/h1-10,14H,11-13H2. The second-order valence-electron chi connectivity index (χ2n) is 5.77. The first-order valence-corrected chi connectivity index (χ1v) is 8.02. The molecule has 0 bridgehead atoms. The zero-order chi connectivity index (χ0) is 17.1. The highest BCUT2D eigenvalue weighted by atomic mass is 16.3. The van der Waals surface area contributed by atoms with Gasteiger partial charge >= 0.3 is 0 Å². The van der Waals surface area contributed by atoms with E-state index in [-0.39, 0.29) is 12.5 Å². The van der Waals surface area contributed by atoms with Crippen molar-refractivity contribution in [3.63, 3.8) is 0 Å². The first-order chi connectivity index (χ1) is 12.3. The van der Waals surface area contributed by atoms with Crippen LogP contribution in [0.2, 0.25) is 0 Å². The molecule has 0 fully saturated rings. The quantitative estimate of drug-likeness (QED) is 0.541. The van der Waals surface area contributed by atoms with Crippen LogP contribution in [-0.2, 0) is 24.4 Å². The van der Waals surface area contributed by atoms with Gasteiger partial charge in [0.2, 0.25) is 5.91 Å². The molecule has 0 aliphatic rings. The van der Waals surface area contributed by atoms with Crippen LogP contribution in [-0.4, -0.2) is 20.4 Å². The molecule has 0 saturated carbocycles. The van der Waals surface area contributed by atoms with E-state index in [2.05, 4.69) is 4.98 Å². The summed E-state index contributed by atoms with van der Waals surface area (Å²) in [7, 11) is 0. The predicted octanol–water partition coefficient (Wildman–Crippen LogP) is 3.45. The van der Waals surface area contributed by atoms with E-state index in [9.17, 15) is 4.79 Å². The molecule has 126 valence electrons. The molecule has 4 rings (SSSR count). The van der Waals surface area contributed by atoms with Crippen LogP contribution in [0.5, 0.6) is 0 Å². The maximum atomic E-state index is 12.9. The van der Waals surface area contributed by atoms with Crippen molar-refractivity contribution in [2.75, 3.05) is 0 Å². The highest BCUT2D eigenvalue weighted by Crippen LogP contribution is 2.15. The van der Waals surface area contributed by atoms with Gasteiger partial charge in [-0.05, 0) is 36.4 Å². The summed E-state index contributed by atoms with van der Waals surface area (Å²) >= 11 is 0. The molecule has 0 aliphatic heterocycles. The molecule has 3 heterocycles. The molecule has 0 radical (unpaired) electrons. The number of furan rings is 2. The smallest absolute Gasteiger partial charge is 0.243 e. The molecule has 1 amide bonds. The van der Waals surface area contributed by atoms with E-state index in [1.54, 1.807) is 23.8 Å². The van der Waals surface area contributed by atoms with Crippen molar-refractivity contribution in [1.82, 2.24) is 14.5 Å². The Hall–Kier alpha value is -3.28. The van der Waals surface area contributed by atoms with Gasteiger partial charge in [-0.1, -0.05) is 12.1 Å². The van der Waals surface area contributed by atoms with Gasteiger partial charge in [-0.3, -0.25) is 4.79 Å². The lowest BCUT2D eigenvalue weighted by atomic mass is 10.3. The number of amides is 1. The third-order valence-corrected chi connectivity index (χ3v) is 4.04. The van der Waals surface area contributed by atoms with Gasteiger partial charge in [0.05, 0.1) is 43.0 Å². The molecule has 6 heteroatoms. The maximum absolute atomic E-state index is 12.9. The highest BCUT2D eigenvalue weighted by Gasteiger charge is 2.18. The summed E-state index contributed by atoms with van der Waals surface area (Å²) in [6.45, 7) is 0.986. The van der Waals surface area contributed by atoms with E-state index in [4.69, 9.17) is 8.83 Å². The molecule has 0 N–H and O–H groups in total. The molecule has 4 aromatic rings. The number of fused-ring (bicyclic) bond motifs is 1. The molecule has 25 heavy (non-hydrogen) atoms. The van der Waals surface area contributed by atoms with Crippen LogP contribution in [0.25, 0.3) is 11.0 Å². The second-order valence-corrected chi connectivity index (χ2v) is 5.77. The number of hydrogen-bond acceptors (Lipinski definition) is 4. The number of carbonyl (C=O) groups is 1. The van der Waals surface area contributed by atoms with Crippen molar-refractivity contribution in [2.24, 2.45) is 0 Å². The summed E-state index contributed by atoms with van der Waals surface area (Å²) in [4.78, 5) is 19.0. The second kappa shape index (κ2) is 6.68. The molecule has 0 spiro atoms.